The fourth-order valence-corrected chi connectivity index (χ4v) is 1.19. The molecule has 0 saturated carbocycles. The summed E-state index contributed by atoms with van der Waals surface area (Å²) >= 11 is 0. The maximum atomic E-state index is 10.6. The number of aldehydes is 1. The Morgan fingerprint density at radius 3 is 2.87 bits per heavy atom. The first-order valence-electron chi connectivity index (χ1n) is 4.37. The first-order chi connectivity index (χ1) is 7.29. The Labute approximate surface area is 86.3 Å². The minimum Gasteiger partial charge on any atom is -0.296 e. The molecule has 0 aromatic carbocycles. The number of carbonyl (C=O) groups excluding carboxylic acids is 1. The van der Waals surface area contributed by atoms with Gasteiger partial charge in [0.2, 0.25) is 0 Å². The predicted molar refractivity (Wildman–Crippen MR) is 53.2 cm³/mol. The topological polar surface area (TPSA) is 68.6 Å². The smallest absolute Gasteiger partial charge is 0.179 e. The average molecular weight is 200 g/mol. The van der Waals surface area contributed by atoms with Gasteiger partial charge in [0, 0.05) is 11.9 Å². The van der Waals surface area contributed by atoms with Crippen LogP contribution in [0.3, 0.4) is 0 Å². The molecule has 2 rings (SSSR count). The summed E-state index contributed by atoms with van der Waals surface area (Å²) in [6.45, 7) is 1.80. The van der Waals surface area contributed by atoms with Gasteiger partial charge >= 0.3 is 0 Å². The van der Waals surface area contributed by atoms with E-state index < -0.39 is 0 Å². The highest BCUT2D eigenvalue weighted by Gasteiger charge is 2.04. The van der Waals surface area contributed by atoms with E-state index in [0.29, 0.717) is 23.5 Å². The van der Waals surface area contributed by atoms with Crippen LogP contribution in [-0.4, -0.2) is 26.2 Å². The fourth-order valence-electron chi connectivity index (χ4n) is 1.19. The average Bonchev–Trinajstić information content (AvgIpc) is 2.29. The van der Waals surface area contributed by atoms with Gasteiger partial charge in [-0.1, -0.05) is 0 Å². The summed E-state index contributed by atoms with van der Waals surface area (Å²) < 4.78 is 0. The Morgan fingerprint density at radius 1 is 1.33 bits per heavy atom. The van der Waals surface area contributed by atoms with Crippen molar-refractivity contribution in [1.29, 1.82) is 0 Å². The Morgan fingerprint density at radius 2 is 2.20 bits per heavy atom. The SMILES string of the molecule is Cc1cc(C=O)nc(-c2ccncn2)n1. The third-order valence-electron chi connectivity index (χ3n) is 1.81. The molecule has 0 N–H and O–H groups in total. The van der Waals surface area contributed by atoms with Crippen LogP contribution in [0.4, 0.5) is 0 Å². The Kier molecular flexibility index (Phi) is 2.45. The van der Waals surface area contributed by atoms with Crippen molar-refractivity contribution in [1.82, 2.24) is 19.9 Å². The standard InChI is InChI=1S/C10H8N4O/c1-7-4-8(5-15)14-10(13-7)9-2-3-11-6-12-9/h2-6H,1H3. The van der Waals surface area contributed by atoms with Gasteiger partial charge in [0.1, 0.15) is 17.7 Å². The second-order valence-corrected chi connectivity index (χ2v) is 2.97. The van der Waals surface area contributed by atoms with E-state index in [0.717, 1.165) is 5.69 Å². The molecule has 2 heterocycles. The summed E-state index contributed by atoms with van der Waals surface area (Å²) in [5.41, 5.74) is 1.70. The maximum absolute atomic E-state index is 10.6. The normalized spacial score (nSPS) is 9.93. The van der Waals surface area contributed by atoms with Gasteiger partial charge in [0.05, 0.1) is 0 Å². The lowest BCUT2D eigenvalue weighted by molar-refractivity contribution is 0.111. The number of hydrogen-bond acceptors (Lipinski definition) is 5. The lowest BCUT2D eigenvalue weighted by Crippen LogP contribution is -1.98. The number of aromatic nitrogens is 4. The third-order valence-corrected chi connectivity index (χ3v) is 1.81. The van der Waals surface area contributed by atoms with E-state index in [9.17, 15) is 4.79 Å². The number of rotatable bonds is 2. The minimum absolute atomic E-state index is 0.358. The zero-order valence-electron chi connectivity index (χ0n) is 8.08. The molecule has 0 aliphatic carbocycles. The highest BCUT2D eigenvalue weighted by Crippen LogP contribution is 2.10. The second-order valence-electron chi connectivity index (χ2n) is 2.97. The van der Waals surface area contributed by atoms with Crippen molar-refractivity contribution in [2.45, 2.75) is 6.92 Å². The van der Waals surface area contributed by atoms with Crippen molar-refractivity contribution in [3.05, 3.63) is 36.0 Å². The Balaban J connectivity index is 2.53. The number of nitrogens with zero attached hydrogens (tertiary/aromatic N) is 4. The van der Waals surface area contributed by atoms with Crippen LogP contribution in [0.2, 0.25) is 0 Å². The van der Waals surface area contributed by atoms with E-state index in [1.807, 2.05) is 0 Å². The lowest BCUT2D eigenvalue weighted by atomic mass is 10.3. The zero-order valence-corrected chi connectivity index (χ0v) is 8.08. The highest BCUT2D eigenvalue weighted by atomic mass is 16.1. The quantitative estimate of drug-likeness (QED) is 0.678. The Hall–Kier alpha value is -2.17. The summed E-state index contributed by atoms with van der Waals surface area (Å²) in [5, 5.41) is 0. The third kappa shape index (κ3) is 2.01. The molecule has 0 atom stereocenters. The number of hydrogen-bond donors (Lipinski definition) is 0. The van der Waals surface area contributed by atoms with E-state index in [4.69, 9.17) is 0 Å². The van der Waals surface area contributed by atoms with Gasteiger partial charge in [-0.25, -0.2) is 19.9 Å². The van der Waals surface area contributed by atoms with Gasteiger partial charge in [-0.15, -0.1) is 0 Å². The molecule has 0 bridgehead atoms. The number of aryl methyl sites for hydroxylation is 1. The molecule has 74 valence electrons. The van der Waals surface area contributed by atoms with E-state index in [1.165, 1.54) is 6.33 Å². The first-order valence-corrected chi connectivity index (χ1v) is 4.37. The van der Waals surface area contributed by atoms with Crippen LogP contribution in [0.5, 0.6) is 0 Å². The van der Waals surface area contributed by atoms with Crippen molar-refractivity contribution in [2.24, 2.45) is 0 Å². The van der Waals surface area contributed by atoms with Crippen LogP contribution in [0.1, 0.15) is 16.2 Å². The molecule has 2 aromatic rings. The molecule has 0 aliphatic heterocycles. The van der Waals surface area contributed by atoms with Crippen molar-refractivity contribution >= 4 is 6.29 Å². The number of carbonyl (C=O) groups is 1. The Bertz CT molecular complexity index is 484. The molecule has 5 heteroatoms. The summed E-state index contributed by atoms with van der Waals surface area (Å²) in [7, 11) is 0. The van der Waals surface area contributed by atoms with Crippen molar-refractivity contribution < 1.29 is 4.79 Å². The lowest BCUT2D eigenvalue weighted by Gasteiger charge is -2.00. The van der Waals surface area contributed by atoms with E-state index in [1.54, 1.807) is 25.3 Å². The van der Waals surface area contributed by atoms with Crippen molar-refractivity contribution in [2.75, 3.05) is 0 Å². The van der Waals surface area contributed by atoms with Crippen LogP contribution in [-0.2, 0) is 0 Å². The van der Waals surface area contributed by atoms with E-state index in [2.05, 4.69) is 19.9 Å². The summed E-state index contributed by atoms with van der Waals surface area (Å²) in [6.07, 6.45) is 3.72. The molecule has 2 aromatic heterocycles. The predicted octanol–water partition coefficient (Wildman–Crippen LogP) is 1.05. The fraction of sp³-hybridized carbons (Fsp3) is 0.100. The highest BCUT2D eigenvalue weighted by molar-refractivity contribution is 5.72. The largest absolute Gasteiger partial charge is 0.296 e. The summed E-state index contributed by atoms with van der Waals surface area (Å²) in [5.74, 6) is 0.444. The van der Waals surface area contributed by atoms with Gasteiger partial charge in [0.25, 0.3) is 0 Å². The minimum atomic E-state index is 0.358. The van der Waals surface area contributed by atoms with Crippen molar-refractivity contribution in [3.8, 4) is 11.5 Å². The van der Waals surface area contributed by atoms with Crippen LogP contribution >= 0.6 is 0 Å². The zero-order chi connectivity index (χ0) is 10.7. The molecule has 0 aliphatic rings. The van der Waals surface area contributed by atoms with Crippen LogP contribution in [0, 0.1) is 6.92 Å². The molecule has 5 nitrogen and oxygen atoms in total. The van der Waals surface area contributed by atoms with Gasteiger partial charge in [-0.05, 0) is 19.1 Å². The molecule has 0 fully saturated rings. The van der Waals surface area contributed by atoms with Crippen LogP contribution < -0.4 is 0 Å². The maximum Gasteiger partial charge on any atom is 0.179 e. The molecular weight excluding hydrogens is 192 g/mol. The van der Waals surface area contributed by atoms with E-state index in [-0.39, 0.29) is 0 Å². The monoisotopic (exact) mass is 200 g/mol. The van der Waals surface area contributed by atoms with Gasteiger partial charge in [0.15, 0.2) is 12.1 Å². The van der Waals surface area contributed by atoms with Gasteiger partial charge in [-0.3, -0.25) is 4.79 Å². The van der Waals surface area contributed by atoms with Gasteiger partial charge in [-0.2, -0.15) is 0 Å². The summed E-state index contributed by atoms with van der Waals surface area (Å²) in [4.78, 5) is 26.7. The molecule has 0 spiro atoms. The first kappa shape index (κ1) is 9.39. The summed E-state index contributed by atoms with van der Waals surface area (Å²) in [6, 6.07) is 3.32. The van der Waals surface area contributed by atoms with Crippen molar-refractivity contribution in [3.63, 3.8) is 0 Å². The van der Waals surface area contributed by atoms with Crippen LogP contribution in [0.15, 0.2) is 24.7 Å². The van der Waals surface area contributed by atoms with Crippen LogP contribution in [0.25, 0.3) is 11.5 Å². The van der Waals surface area contributed by atoms with E-state index >= 15 is 0 Å². The molecular formula is C10H8N4O. The second kappa shape index (κ2) is 3.91. The molecule has 0 unspecified atom stereocenters. The molecule has 0 amide bonds. The molecule has 0 radical (unpaired) electrons. The molecule has 0 saturated heterocycles. The van der Waals surface area contributed by atoms with Gasteiger partial charge < -0.3 is 0 Å². The molecule has 15 heavy (non-hydrogen) atoms.